The first kappa shape index (κ1) is 27.9. The van der Waals surface area contributed by atoms with E-state index < -0.39 is 0 Å². The van der Waals surface area contributed by atoms with E-state index in [0.717, 1.165) is 40.4 Å². The highest BCUT2D eigenvalue weighted by Crippen LogP contribution is 2.44. The lowest BCUT2D eigenvalue weighted by molar-refractivity contribution is -0.118. The first-order chi connectivity index (χ1) is 19.2. The molecule has 6 nitrogen and oxygen atoms in total. The van der Waals surface area contributed by atoms with Crippen LogP contribution in [-0.2, 0) is 11.2 Å². The number of nitrogens with one attached hydrogen (secondary N) is 2. The summed E-state index contributed by atoms with van der Waals surface area (Å²) in [6.45, 7) is 10.2. The summed E-state index contributed by atoms with van der Waals surface area (Å²) in [5.74, 6) is -0.233. The predicted octanol–water partition coefficient (Wildman–Crippen LogP) is 7.48. The standard InChI is InChI=1S/C32H34ClN5OS/c1-6-22-10-12-23(13-11-22)37-20(4)17-25(21(37)5)30-29(28-9-7-8-16-34-28)36-32(40)38(30)24-14-15-27(26(33)18-24)35-31(39)19(2)3/h7-19,29-30H,6H2,1-5H3,(H,35,39)(H,36,40)/t29-,30+/m0/s1. The molecule has 0 spiro atoms. The van der Waals surface area contributed by atoms with Gasteiger partial charge >= 0.3 is 0 Å². The van der Waals surface area contributed by atoms with Gasteiger partial charge < -0.3 is 20.1 Å². The Morgan fingerprint density at radius 1 is 1.07 bits per heavy atom. The van der Waals surface area contributed by atoms with Gasteiger partial charge in [-0.1, -0.05) is 50.6 Å². The number of rotatable bonds is 7. The van der Waals surface area contributed by atoms with Gasteiger partial charge in [-0.15, -0.1) is 0 Å². The second kappa shape index (κ2) is 11.4. The van der Waals surface area contributed by atoms with E-state index in [4.69, 9.17) is 23.8 Å². The van der Waals surface area contributed by atoms with Crippen molar-refractivity contribution in [2.24, 2.45) is 5.92 Å². The van der Waals surface area contributed by atoms with E-state index in [0.29, 0.717) is 15.8 Å². The van der Waals surface area contributed by atoms with Crippen molar-refractivity contribution in [3.63, 3.8) is 0 Å². The molecule has 0 aliphatic carbocycles. The summed E-state index contributed by atoms with van der Waals surface area (Å²) in [6, 6.07) is 22.2. The van der Waals surface area contributed by atoms with E-state index in [1.807, 2.05) is 50.2 Å². The van der Waals surface area contributed by atoms with Crippen LogP contribution in [0.5, 0.6) is 0 Å². The molecule has 1 aliphatic heterocycles. The van der Waals surface area contributed by atoms with Gasteiger partial charge in [0.2, 0.25) is 5.91 Å². The Kier molecular flexibility index (Phi) is 7.97. The van der Waals surface area contributed by atoms with Crippen LogP contribution in [0.3, 0.4) is 0 Å². The Bertz CT molecular complexity index is 1550. The SMILES string of the molecule is CCc1ccc(-n2c(C)cc([C@@H]3[C@H](c4ccccn4)NC(=S)N3c3ccc(NC(=O)C(C)C)c(Cl)c3)c2C)cc1. The van der Waals surface area contributed by atoms with E-state index >= 15 is 0 Å². The minimum atomic E-state index is -0.177. The summed E-state index contributed by atoms with van der Waals surface area (Å²) < 4.78 is 2.29. The van der Waals surface area contributed by atoms with Crippen molar-refractivity contribution in [3.05, 3.63) is 106 Å². The number of nitrogens with zero attached hydrogens (tertiary/aromatic N) is 3. The largest absolute Gasteiger partial charge is 0.351 e. The molecule has 2 aromatic heterocycles. The molecule has 8 heteroatoms. The van der Waals surface area contributed by atoms with Crippen molar-refractivity contribution in [2.45, 2.75) is 53.1 Å². The van der Waals surface area contributed by atoms with Crippen LogP contribution in [0.1, 0.15) is 61.1 Å². The molecule has 5 rings (SSSR count). The number of aryl methyl sites for hydroxylation is 2. The molecule has 1 fully saturated rings. The Morgan fingerprint density at radius 2 is 1.80 bits per heavy atom. The maximum Gasteiger partial charge on any atom is 0.226 e. The van der Waals surface area contributed by atoms with Gasteiger partial charge in [-0.25, -0.2) is 0 Å². The Hall–Kier alpha value is -3.68. The minimum Gasteiger partial charge on any atom is -0.351 e. The molecule has 1 saturated heterocycles. The summed E-state index contributed by atoms with van der Waals surface area (Å²) in [5.41, 5.74) is 8.17. The summed E-state index contributed by atoms with van der Waals surface area (Å²) >= 11 is 12.6. The van der Waals surface area contributed by atoms with Crippen molar-refractivity contribution in [1.82, 2.24) is 14.9 Å². The summed E-state index contributed by atoms with van der Waals surface area (Å²) in [4.78, 5) is 19.1. The predicted molar refractivity (Wildman–Crippen MR) is 167 cm³/mol. The highest BCUT2D eigenvalue weighted by Gasteiger charge is 2.42. The molecule has 2 aromatic carbocycles. The Balaban J connectivity index is 1.60. The fourth-order valence-corrected chi connectivity index (χ4v) is 5.91. The smallest absolute Gasteiger partial charge is 0.226 e. The molecule has 2 N–H and O–H groups in total. The van der Waals surface area contributed by atoms with Gasteiger partial charge in [0.25, 0.3) is 0 Å². The number of anilines is 2. The second-order valence-electron chi connectivity index (χ2n) is 10.5. The first-order valence-electron chi connectivity index (χ1n) is 13.6. The average molecular weight is 572 g/mol. The molecular formula is C32H34ClN5OS. The third kappa shape index (κ3) is 5.23. The molecule has 0 radical (unpaired) electrons. The van der Waals surface area contributed by atoms with Gasteiger partial charge in [-0.05, 0) is 92.1 Å². The van der Waals surface area contributed by atoms with Crippen LogP contribution < -0.4 is 15.5 Å². The van der Waals surface area contributed by atoms with Gasteiger partial charge in [0, 0.05) is 34.9 Å². The van der Waals surface area contributed by atoms with Gasteiger partial charge in [-0.3, -0.25) is 9.78 Å². The van der Waals surface area contributed by atoms with Crippen LogP contribution >= 0.6 is 23.8 Å². The maximum atomic E-state index is 12.3. The van der Waals surface area contributed by atoms with Gasteiger partial charge in [0.15, 0.2) is 5.11 Å². The zero-order valence-electron chi connectivity index (χ0n) is 23.4. The van der Waals surface area contributed by atoms with Crippen molar-refractivity contribution in [1.29, 1.82) is 0 Å². The van der Waals surface area contributed by atoms with Crippen LogP contribution in [0.4, 0.5) is 11.4 Å². The molecule has 1 amide bonds. The quantitative estimate of drug-likeness (QED) is 0.225. The second-order valence-corrected chi connectivity index (χ2v) is 11.3. The number of benzene rings is 2. The monoisotopic (exact) mass is 571 g/mol. The van der Waals surface area contributed by atoms with Gasteiger partial charge in [0.05, 0.1) is 28.5 Å². The van der Waals surface area contributed by atoms with Crippen molar-refractivity contribution in [2.75, 3.05) is 10.2 Å². The van der Waals surface area contributed by atoms with Crippen LogP contribution in [0.2, 0.25) is 5.02 Å². The third-order valence-corrected chi connectivity index (χ3v) is 8.13. The first-order valence-corrected chi connectivity index (χ1v) is 14.4. The molecule has 1 aliphatic rings. The van der Waals surface area contributed by atoms with E-state index in [1.54, 1.807) is 6.20 Å². The topological polar surface area (TPSA) is 62.2 Å². The molecule has 206 valence electrons. The maximum absolute atomic E-state index is 12.3. The van der Waals surface area contributed by atoms with Crippen LogP contribution in [0.15, 0.2) is 72.9 Å². The fourth-order valence-electron chi connectivity index (χ4n) is 5.35. The third-order valence-electron chi connectivity index (χ3n) is 7.50. The molecular weight excluding hydrogens is 538 g/mol. The van der Waals surface area contributed by atoms with Gasteiger partial charge in [-0.2, -0.15) is 0 Å². The highest BCUT2D eigenvalue weighted by molar-refractivity contribution is 7.80. The number of carbonyl (C=O) groups excluding carboxylic acids is 1. The van der Waals surface area contributed by atoms with E-state index in [2.05, 4.69) is 76.2 Å². The Morgan fingerprint density at radius 3 is 2.42 bits per heavy atom. The van der Waals surface area contributed by atoms with Crippen LogP contribution in [0, 0.1) is 19.8 Å². The highest BCUT2D eigenvalue weighted by atomic mass is 35.5. The number of pyridine rings is 1. The number of amides is 1. The molecule has 40 heavy (non-hydrogen) atoms. The zero-order chi connectivity index (χ0) is 28.6. The normalized spacial score (nSPS) is 16.9. The number of halogens is 1. The molecule has 0 bridgehead atoms. The lowest BCUT2D eigenvalue weighted by Crippen LogP contribution is -2.29. The average Bonchev–Trinajstić information content (AvgIpc) is 3.44. The van der Waals surface area contributed by atoms with Crippen LogP contribution in [-0.4, -0.2) is 20.6 Å². The fraction of sp³-hybridized carbons (Fsp3) is 0.281. The number of hydrogen-bond acceptors (Lipinski definition) is 3. The van der Waals surface area contributed by atoms with E-state index in [-0.39, 0.29) is 23.9 Å². The Labute approximate surface area is 246 Å². The summed E-state index contributed by atoms with van der Waals surface area (Å²) in [7, 11) is 0. The van der Waals surface area contributed by atoms with Crippen molar-refractivity contribution < 1.29 is 4.79 Å². The molecule has 2 atom stereocenters. The number of thiocarbonyl (C=S) groups is 1. The summed E-state index contributed by atoms with van der Waals surface area (Å²) in [6.07, 6.45) is 2.81. The van der Waals surface area contributed by atoms with E-state index in [9.17, 15) is 4.79 Å². The minimum absolute atomic E-state index is 0.0829. The number of aromatic nitrogens is 2. The summed E-state index contributed by atoms with van der Waals surface area (Å²) in [5, 5.41) is 7.49. The number of carbonyl (C=O) groups is 1. The van der Waals surface area contributed by atoms with Gasteiger partial charge in [0.1, 0.15) is 0 Å². The lowest BCUT2D eigenvalue weighted by Gasteiger charge is -2.28. The molecule has 4 aromatic rings. The lowest BCUT2D eigenvalue weighted by atomic mass is 9.96. The molecule has 0 saturated carbocycles. The molecule has 3 heterocycles. The number of hydrogen-bond donors (Lipinski definition) is 2. The van der Waals surface area contributed by atoms with Crippen molar-refractivity contribution in [3.8, 4) is 5.69 Å². The zero-order valence-corrected chi connectivity index (χ0v) is 25.0. The van der Waals surface area contributed by atoms with E-state index in [1.165, 1.54) is 5.56 Å². The van der Waals surface area contributed by atoms with Crippen LogP contribution in [0.25, 0.3) is 5.69 Å². The van der Waals surface area contributed by atoms with Crippen molar-refractivity contribution >= 4 is 46.2 Å². The molecule has 0 unspecified atom stereocenters.